The number of carbonyl (C=O) groups excluding carboxylic acids is 9. The highest BCUT2D eigenvalue weighted by Gasteiger charge is 2.54. The highest BCUT2D eigenvalue weighted by molar-refractivity contribution is 6.39. The van der Waals surface area contributed by atoms with Crippen LogP contribution in [0, 0.1) is 35.5 Å². The minimum Gasteiger partial charge on any atom is -0.480 e. The van der Waals surface area contributed by atoms with Gasteiger partial charge in [0.2, 0.25) is 5.79 Å². The molecule has 4 aliphatic rings. The predicted molar refractivity (Wildman–Crippen MR) is 416 cm³/mol. The number of nitrogens with one attached hydrogen (secondary N) is 2. The van der Waals surface area contributed by atoms with Gasteiger partial charge in [-0.05, 0) is 223 Å². The molecule has 2 saturated heterocycles. The summed E-state index contributed by atoms with van der Waals surface area (Å²) in [6.07, 6.45) is 6.13. The number of methoxy groups -OCH3 is 3. The molecule has 17 atom stereocenters. The number of piperidine rings is 1. The molecule has 0 aromatic carbocycles. The van der Waals surface area contributed by atoms with Gasteiger partial charge in [-0.2, -0.15) is 0 Å². The van der Waals surface area contributed by atoms with Gasteiger partial charge >= 0.3 is 42.3 Å². The molecule has 0 unspecified atom stereocenters. The Balaban J connectivity index is 1.93. The molecule has 5 amide bonds. The van der Waals surface area contributed by atoms with Gasteiger partial charge in [0, 0.05) is 71.6 Å². The van der Waals surface area contributed by atoms with Crippen molar-refractivity contribution in [3.63, 3.8) is 0 Å². The van der Waals surface area contributed by atoms with Crippen molar-refractivity contribution in [3.05, 3.63) is 47.6 Å². The number of allylic oxidation sites excluding steroid dienone is 6. The molecule has 1 aliphatic carbocycles. The number of Topliss-reactive ketones (excluding diaryl/α,β-unsaturated/α-hetero) is 3. The van der Waals surface area contributed by atoms with Crippen LogP contribution < -0.4 is 10.6 Å². The van der Waals surface area contributed by atoms with Gasteiger partial charge in [-0.1, -0.05) is 76.6 Å². The summed E-state index contributed by atoms with van der Waals surface area (Å²) < 4.78 is 53.8. The van der Waals surface area contributed by atoms with Gasteiger partial charge in [-0.3, -0.25) is 29.0 Å². The first-order chi connectivity index (χ1) is 51.6. The van der Waals surface area contributed by atoms with E-state index in [0.717, 1.165) is 15.4 Å². The molecule has 3 fully saturated rings. The normalized spacial score (nSPS) is 29.4. The number of ether oxygens (including phenoxy) is 9. The number of hydrogen-bond donors (Lipinski definition) is 5. The van der Waals surface area contributed by atoms with Gasteiger partial charge < -0.3 is 73.5 Å². The molecule has 630 valence electrons. The zero-order chi connectivity index (χ0) is 83.8. The Morgan fingerprint density at radius 1 is 0.649 bits per heavy atom. The Kier molecular flexibility index (Phi) is 37.5. The third-order valence-corrected chi connectivity index (χ3v) is 20.7. The number of alkyl carbamates (subject to hydrolysis) is 2. The van der Waals surface area contributed by atoms with Crippen molar-refractivity contribution < 1.29 is 111 Å². The molecule has 0 spiro atoms. The highest BCUT2D eigenvalue weighted by Crippen LogP contribution is 2.40. The van der Waals surface area contributed by atoms with E-state index in [2.05, 4.69) is 10.6 Å². The number of carboxylic acid groups (broad SMARTS) is 2. The number of aliphatic carboxylic acids is 2. The molecular weight excluding hydrogens is 1430 g/mol. The lowest BCUT2D eigenvalue weighted by Crippen LogP contribution is -2.61. The van der Waals surface area contributed by atoms with Crippen LogP contribution in [0.2, 0.25) is 0 Å². The monoisotopic (exact) mass is 1570 g/mol. The first kappa shape index (κ1) is 96.1. The van der Waals surface area contributed by atoms with E-state index in [0.29, 0.717) is 38.5 Å². The number of carbonyl (C=O) groups is 11. The molecule has 28 nitrogen and oxygen atoms in total. The lowest BCUT2D eigenvalue weighted by Gasteiger charge is -2.44. The van der Waals surface area contributed by atoms with Crippen molar-refractivity contribution in [1.29, 1.82) is 0 Å². The summed E-state index contributed by atoms with van der Waals surface area (Å²) in [7, 11) is 4.27. The Morgan fingerprint density at radius 3 is 1.72 bits per heavy atom. The van der Waals surface area contributed by atoms with Gasteiger partial charge in [-0.25, -0.2) is 33.6 Å². The zero-order valence-electron chi connectivity index (χ0n) is 70.4. The fourth-order valence-electron chi connectivity index (χ4n) is 15.1. The van der Waals surface area contributed by atoms with E-state index in [4.69, 9.17) is 42.6 Å². The number of cyclic esters (lactones) is 1. The molecule has 4 rings (SSSR count). The summed E-state index contributed by atoms with van der Waals surface area (Å²) in [5, 5.41) is 39.9. The fourth-order valence-corrected chi connectivity index (χ4v) is 15.1. The first-order valence-corrected chi connectivity index (χ1v) is 39.8. The molecule has 5 N–H and O–H groups in total. The molecule has 3 heterocycles. The highest BCUT2D eigenvalue weighted by atomic mass is 16.6. The Labute approximate surface area is 658 Å². The average Bonchev–Trinajstić information content (AvgIpc) is 0.781. The number of carboxylic acids is 2. The fraction of sp³-hybridized carbons (Fsp3) is 0.771. The topological polar surface area (TPSA) is 365 Å². The van der Waals surface area contributed by atoms with E-state index in [1.165, 1.54) is 32.3 Å². The quantitative estimate of drug-likeness (QED) is 0.0221. The van der Waals surface area contributed by atoms with E-state index in [9.17, 15) is 48.9 Å². The Morgan fingerprint density at radius 2 is 1.20 bits per heavy atom. The third kappa shape index (κ3) is 30.5. The second-order valence-electron chi connectivity index (χ2n) is 34.9. The van der Waals surface area contributed by atoms with Crippen LogP contribution in [0.25, 0.3) is 0 Å². The standard InChI is InChI=1S/C83H135N5O23/c1-50-32-24-23-25-33-51(2)64(103-20)48-58-39-37-56(7)83(102,107-58)70(91)71(92)86-43-31-28-36-62(86)74(97)106-65(53(4)46-57-38-40-59(66(47-57)104-21)87(77(100)110-81(14,15)16)60(72(93)94)34-26-29-41-84-75(98)108-79(8,9)10)49-63(89)52(3)45-54(5)67(69(105-22)68(90)55(6)44-50)88(78(101)111-82(17,18)19)61(73(95)96)35-27-30-42-85-76(99)109-80(11,12)13/h23-25,32-33,45,50,52-53,55-62,64-67,69,102H,26-31,34-44,46-49H2,1-22H3,(H,84,98)(H,85,99)(H,93,94)(H,95,96)/b25-23+,32-24+,51-33+,54-45+/t50-,52-,53-,55-,56-,57+,58+,59-,60+,61+,62+,64+,65+,66-,67-,69-,83-/m1/s1. The summed E-state index contributed by atoms with van der Waals surface area (Å²) in [4.78, 5) is 161. The van der Waals surface area contributed by atoms with Crippen LogP contribution in [0.5, 0.6) is 0 Å². The molecule has 0 aromatic heterocycles. The van der Waals surface area contributed by atoms with Crippen molar-refractivity contribution in [2.75, 3.05) is 41.0 Å². The summed E-state index contributed by atoms with van der Waals surface area (Å²) in [6, 6.07) is -6.79. The molecule has 1 saturated carbocycles. The maximum Gasteiger partial charge on any atom is 0.411 e. The number of rotatable bonds is 22. The molecular formula is C83H135N5O23. The number of amides is 5. The summed E-state index contributed by atoms with van der Waals surface area (Å²) in [6.45, 7) is 32.4. The van der Waals surface area contributed by atoms with E-state index in [1.54, 1.807) is 118 Å². The number of ketones is 3. The van der Waals surface area contributed by atoms with Crippen molar-refractivity contribution >= 4 is 65.5 Å². The van der Waals surface area contributed by atoms with Crippen LogP contribution in [-0.2, 0) is 76.2 Å². The van der Waals surface area contributed by atoms with Crippen molar-refractivity contribution in [3.8, 4) is 0 Å². The number of fused-ring (bicyclic) bond motifs is 3. The van der Waals surface area contributed by atoms with Gasteiger partial charge in [0.25, 0.3) is 11.7 Å². The summed E-state index contributed by atoms with van der Waals surface area (Å²) in [5.41, 5.74) is -2.82. The molecule has 3 aliphatic heterocycles. The van der Waals surface area contributed by atoms with Crippen LogP contribution in [-0.4, -0.2) is 225 Å². The third-order valence-electron chi connectivity index (χ3n) is 20.7. The lowest BCUT2D eigenvalue weighted by atomic mass is 9.77. The number of esters is 1. The largest absolute Gasteiger partial charge is 0.480 e. The zero-order valence-corrected chi connectivity index (χ0v) is 70.4. The van der Waals surface area contributed by atoms with Crippen LogP contribution in [0.15, 0.2) is 47.6 Å². The van der Waals surface area contributed by atoms with E-state index in [-0.39, 0.29) is 108 Å². The second-order valence-corrected chi connectivity index (χ2v) is 34.9. The van der Waals surface area contributed by atoms with Gasteiger partial charge in [0.05, 0.1) is 30.4 Å². The SMILES string of the molecule is CO[C@H]1C[C@@H]2CC[C@@H](C)[C@@](O)(O2)C(=O)C(=O)N2CCCC[C@H]2C(=O)O[C@H]([C@H](C)C[C@@H]2CC[C@@H](N(C(=O)OC(C)(C)C)[C@@H](CCCCNC(=O)OC(C)(C)C)C(=O)O)[C@H](OC)C2)CC(=O)[C@H](C)/C=C(\C)[C@@H](N(C(=O)OC(C)(C)C)[C@@H](CCCCNC(=O)OC(C)(C)C)C(=O)O)[C@@H](OC)C(=O)[C@H](C)C[C@H](C)/C=C/C=C/C=C/1C. The maximum absolute atomic E-state index is 15.5. The molecule has 0 radical (unpaired) electrons. The molecule has 111 heavy (non-hydrogen) atoms. The first-order valence-electron chi connectivity index (χ1n) is 39.8. The molecule has 0 aromatic rings. The number of unbranched alkanes of at least 4 members (excludes halogenated alkanes) is 2. The second kappa shape index (κ2) is 43.3. The van der Waals surface area contributed by atoms with E-state index < -0.39 is 185 Å². The van der Waals surface area contributed by atoms with Crippen molar-refractivity contribution in [1.82, 2.24) is 25.3 Å². The maximum atomic E-state index is 15.5. The van der Waals surface area contributed by atoms with Gasteiger partial charge in [-0.15, -0.1) is 0 Å². The summed E-state index contributed by atoms with van der Waals surface area (Å²) >= 11 is 0. The van der Waals surface area contributed by atoms with Crippen LogP contribution >= 0.6 is 0 Å². The van der Waals surface area contributed by atoms with Crippen molar-refractivity contribution in [2.45, 2.75) is 336 Å². The molecule has 2 bridgehead atoms. The summed E-state index contributed by atoms with van der Waals surface area (Å²) in [5.74, 6) is -13.6. The van der Waals surface area contributed by atoms with Gasteiger partial charge in [0.15, 0.2) is 5.78 Å². The predicted octanol–water partition coefficient (Wildman–Crippen LogP) is 13.0. The minimum absolute atomic E-state index is 0.00495. The van der Waals surface area contributed by atoms with Gasteiger partial charge in [0.1, 0.15) is 58.5 Å². The lowest BCUT2D eigenvalue weighted by molar-refractivity contribution is -0.265. The van der Waals surface area contributed by atoms with Crippen molar-refractivity contribution in [2.24, 2.45) is 35.5 Å². The number of hydrogen-bond acceptors (Lipinski definition) is 21. The Bertz CT molecular complexity index is 3270. The van der Waals surface area contributed by atoms with Crippen LogP contribution in [0.3, 0.4) is 0 Å². The average molecular weight is 1570 g/mol. The molecule has 28 heteroatoms. The van der Waals surface area contributed by atoms with Crippen LogP contribution in [0.4, 0.5) is 19.2 Å². The van der Waals surface area contributed by atoms with E-state index >= 15 is 19.2 Å². The smallest absolute Gasteiger partial charge is 0.411 e. The van der Waals surface area contributed by atoms with E-state index in [1.807, 2.05) is 44.2 Å². The minimum atomic E-state index is -2.58. The van der Waals surface area contributed by atoms with Crippen LogP contribution in [0.1, 0.15) is 247 Å². The Hall–Kier alpha value is -7.27. The number of nitrogens with zero attached hydrogens (tertiary/aromatic N) is 3. The number of aliphatic hydroxyl groups is 1.